The number of fused-ring (bicyclic) bond motifs is 3. The maximum atomic E-state index is 14.2. The van der Waals surface area contributed by atoms with Crippen LogP contribution >= 0.6 is 11.6 Å². The van der Waals surface area contributed by atoms with Crippen molar-refractivity contribution in [2.45, 2.75) is 39.0 Å². The minimum Gasteiger partial charge on any atom is -0.466 e. The van der Waals surface area contributed by atoms with Crippen LogP contribution in [0.15, 0.2) is 65.1 Å². The summed E-state index contributed by atoms with van der Waals surface area (Å²) in [7, 11) is 2.89. The highest BCUT2D eigenvalue weighted by Crippen LogP contribution is 2.58. The lowest BCUT2D eigenvalue weighted by molar-refractivity contribution is -0.138. The summed E-state index contributed by atoms with van der Waals surface area (Å²) in [6.45, 7) is 5.92. The second kappa shape index (κ2) is 7.96. The Hall–Kier alpha value is -3.58. The summed E-state index contributed by atoms with van der Waals surface area (Å²) >= 11 is 6.38. The van der Waals surface area contributed by atoms with Crippen molar-refractivity contribution < 1.29 is 19.1 Å². The van der Waals surface area contributed by atoms with Crippen LogP contribution in [0.25, 0.3) is 0 Å². The molecule has 0 fully saturated rings. The van der Waals surface area contributed by atoms with E-state index in [9.17, 15) is 14.4 Å². The number of hydrogen-bond acceptors (Lipinski definition) is 6. The summed E-state index contributed by atoms with van der Waals surface area (Å²) in [6, 6.07) is 12.6. The Labute approximate surface area is 215 Å². The number of anilines is 2. The summed E-state index contributed by atoms with van der Waals surface area (Å²) in [5, 5.41) is 0.480. The summed E-state index contributed by atoms with van der Waals surface area (Å²) in [5.41, 5.74) is 8.24. The van der Waals surface area contributed by atoms with E-state index >= 15 is 0 Å². The van der Waals surface area contributed by atoms with Gasteiger partial charge in [-0.05, 0) is 42.5 Å². The third-order valence-corrected chi connectivity index (χ3v) is 7.70. The molecular formula is C28H28ClN3O4. The monoisotopic (exact) mass is 505 g/mol. The predicted octanol–water partition coefficient (Wildman–Crippen LogP) is 4.37. The predicted molar refractivity (Wildman–Crippen MR) is 138 cm³/mol. The molecule has 8 heteroatoms. The topological polar surface area (TPSA) is 92.9 Å². The highest BCUT2D eigenvalue weighted by molar-refractivity contribution is 6.31. The van der Waals surface area contributed by atoms with Crippen LogP contribution in [0.5, 0.6) is 0 Å². The number of ether oxygens (including phenoxy) is 1. The highest BCUT2D eigenvalue weighted by atomic mass is 35.5. The number of carbonyl (C=O) groups is 3. The molecule has 1 amide bonds. The molecule has 36 heavy (non-hydrogen) atoms. The molecule has 2 aromatic rings. The van der Waals surface area contributed by atoms with E-state index in [-0.39, 0.29) is 29.2 Å². The zero-order valence-electron chi connectivity index (χ0n) is 20.9. The normalized spacial score (nSPS) is 22.8. The molecule has 2 N–H and O–H groups in total. The number of hydrogen-bond donors (Lipinski definition) is 1. The fourth-order valence-corrected chi connectivity index (χ4v) is 6.15. The fraction of sp³-hybridized carbons (Fsp3) is 0.321. The van der Waals surface area contributed by atoms with Gasteiger partial charge in [0.05, 0.1) is 12.8 Å². The lowest BCUT2D eigenvalue weighted by Gasteiger charge is -2.47. The number of halogens is 1. The molecule has 186 valence electrons. The Bertz CT molecular complexity index is 1420. The number of benzene rings is 2. The van der Waals surface area contributed by atoms with E-state index in [1.165, 1.54) is 12.0 Å². The quantitative estimate of drug-likeness (QED) is 0.609. The van der Waals surface area contributed by atoms with Crippen LogP contribution in [-0.2, 0) is 24.5 Å². The van der Waals surface area contributed by atoms with E-state index in [2.05, 4.69) is 0 Å². The first-order chi connectivity index (χ1) is 17.0. The van der Waals surface area contributed by atoms with Crippen LogP contribution in [-0.4, -0.2) is 31.8 Å². The molecule has 1 spiro atoms. The third-order valence-electron chi connectivity index (χ3n) is 7.47. The zero-order chi connectivity index (χ0) is 26.2. The Kier molecular flexibility index (Phi) is 5.34. The second-order valence-electron chi connectivity index (χ2n) is 10.4. The van der Waals surface area contributed by atoms with Crippen LogP contribution in [0, 0.1) is 12.3 Å². The van der Waals surface area contributed by atoms with Crippen molar-refractivity contribution >= 4 is 40.6 Å². The van der Waals surface area contributed by atoms with Crippen molar-refractivity contribution in [1.82, 2.24) is 0 Å². The Morgan fingerprint density at radius 3 is 2.47 bits per heavy atom. The van der Waals surface area contributed by atoms with Gasteiger partial charge in [-0.2, -0.15) is 0 Å². The van der Waals surface area contributed by atoms with Gasteiger partial charge in [0.15, 0.2) is 5.78 Å². The fourth-order valence-electron chi connectivity index (χ4n) is 5.98. The SMILES string of the molecule is COC(=O)C1=C(N)N(c2cc(Cl)ccc2C)C2=C(C(=O)CC(C)(C)C2)C12C(=O)N(C)c1ccccc12. The number of carbonyl (C=O) groups excluding carboxylic acids is 3. The van der Waals surface area contributed by atoms with Crippen molar-refractivity contribution in [2.75, 3.05) is 24.0 Å². The van der Waals surface area contributed by atoms with Gasteiger partial charge >= 0.3 is 5.97 Å². The first kappa shape index (κ1) is 24.1. The molecule has 1 atom stereocenters. The van der Waals surface area contributed by atoms with Crippen LogP contribution < -0.4 is 15.5 Å². The lowest BCUT2D eigenvalue weighted by Crippen LogP contribution is -2.55. The summed E-state index contributed by atoms with van der Waals surface area (Å²) in [4.78, 5) is 45.0. The summed E-state index contributed by atoms with van der Waals surface area (Å²) in [5.74, 6) is -1.32. The van der Waals surface area contributed by atoms with Crippen LogP contribution in [0.4, 0.5) is 11.4 Å². The molecule has 7 nitrogen and oxygen atoms in total. The van der Waals surface area contributed by atoms with Gasteiger partial charge in [0.2, 0.25) is 5.91 Å². The number of methoxy groups -OCH3 is 1. The molecule has 0 saturated heterocycles. The second-order valence-corrected chi connectivity index (χ2v) is 10.8. The molecule has 0 radical (unpaired) electrons. The van der Waals surface area contributed by atoms with Gasteiger partial charge in [0.25, 0.3) is 0 Å². The number of ketones is 1. The molecule has 2 aliphatic heterocycles. The molecule has 0 bridgehead atoms. The number of esters is 1. The first-order valence-electron chi connectivity index (χ1n) is 11.7. The van der Waals surface area contributed by atoms with Gasteiger partial charge in [0.1, 0.15) is 16.8 Å². The number of nitrogens with zero attached hydrogens (tertiary/aromatic N) is 2. The number of likely N-dealkylation sites (N-methyl/N-ethyl adjacent to an activating group) is 1. The number of amides is 1. The lowest BCUT2D eigenvalue weighted by atomic mass is 9.60. The first-order valence-corrected chi connectivity index (χ1v) is 12.1. The number of para-hydroxylation sites is 1. The van der Waals surface area contributed by atoms with Gasteiger partial charge in [-0.1, -0.05) is 49.7 Å². The maximum absolute atomic E-state index is 14.2. The summed E-state index contributed by atoms with van der Waals surface area (Å²) < 4.78 is 5.21. The van der Waals surface area contributed by atoms with Gasteiger partial charge in [-0.25, -0.2) is 4.79 Å². The third kappa shape index (κ3) is 3.08. The zero-order valence-corrected chi connectivity index (χ0v) is 21.7. The van der Waals surface area contributed by atoms with Gasteiger partial charge < -0.3 is 15.4 Å². The van der Waals surface area contributed by atoms with Crippen molar-refractivity contribution in [3.8, 4) is 0 Å². The minimum atomic E-state index is -1.70. The van der Waals surface area contributed by atoms with E-state index in [1.54, 1.807) is 42.3 Å². The molecule has 2 aromatic carbocycles. The minimum absolute atomic E-state index is 0.0509. The molecule has 0 aromatic heterocycles. The van der Waals surface area contributed by atoms with Crippen LogP contribution in [0.2, 0.25) is 5.02 Å². The van der Waals surface area contributed by atoms with Crippen molar-refractivity contribution in [2.24, 2.45) is 11.1 Å². The van der Waals surface area contributed by atoms with Crippen LogP contribution in [0.3, 0.4) is 0 Å². The summed E-state index contributed by atoms with van der Waals surface area (Å²) in [6.07, 6.45) is 0.694. The smallest absolute Gasteiger partial charge is 0.339 e. The van der Waals surface area contributed by atoms with Crippen molar-refractivity contribution in [1.29, 1.82) is 0 Å². The molecular weight excluding hydrogens is 478 g/mol. The molecule has 1 unspecified atom stereocenters. The molecule has 0 saturated carbocycles. The maximum Gasteiger partial charge on any atom is 0.339 e. The largest absolute Gasteiger partial charge is 0.466 e. The standard InChI is InChI=1S/C28H28ClN3O4/c1-15-10-11-16(29)12-19(15)32-20-13-27(2,3)14-21(33)22(20)28(23(24(32)30)25(34)36-5)17-8-6-7-9-18(17)31(4)26(28)35/h6-12H,13-14,30H2,1-5H3. The average molecular weight is 506 g/mol. The van der Waals surface area contributed by atoms with Crippen molar-refractivity contribution in [3.05, 3.63) is 81.3 Å². The number of allylic oxidation sites excluding steroid dienone is 1. The number of aryl methyl sites for hydroxylation is 1. The number of rotatable bonds is 2. The van der Waals surface area contributed by atoms with Gasteiger partial charge in [-0.3, -0.25) is 14.5 Å². The molecule has 2 heterocycles. The van der Waals surface area contributed by atoms with E-state index in [0.29, 0.717) is 34.1 Å². The van der Waals surface area contributed by atoms with E-state index in [1.807, 2.05) is 32.9 Å². The average Bonchev–Trinajstić information content (AvgIpc) is 3.03. The highest BCUT2D eigenvalue weighted by Gasteiger charge is 2.64. The molecule has 5 rings (SSSR count). The Morgan fingerprint density at radius 2 is 1.78 bits per heavy atom. The van der Waals surface area contributed by atoms with Crippen LogP contribution in [0.1, 0.15) is 37.8 Å². The molecule has 1 aliphatic carbocycles. The van der Waals surface area contributed by atoms with Gasteiger partial charge in [-0.15, -0.1) is 0 Å². The number of nitrogens with two attached hydrogens (primary N) is 1. The number of Topliss-reactive ketones (excluding diaryl/α,β-unsaturated/α-hetero) is 1. The van der Waals surface area contributed by atoms with Gasteiger partial charge in [0, 0.05) is 41.0 Å². The van der Waals surface area contributed by atoms with E-state index in [4.69, 9.17) is 22.1 Å². The van der Waals surface area contributed by atoms with E-state index in [0.717, 1.165) is 5.56 Å². The van der Waals surface area contributed by atoms with E-state index < -0.39 is 22.7 Å². The Balaban J connectivity index is 1.97. The molecule has 3 aliphatic rings. The van der Waals surface area contributed by atoms with Crippen molar-refractivity contribution in [3.63, 3.8) is 0 Å². The Morgan fingerprint density at radius 1 is 1.08 bits per heavy atom.